The average Bonchev–Trinajstić information content (AvgIpc) is 2.57. The van der Waals surface area contributed by atoms with Crippen molar-refractivity contribution < 1.29 is 9.53 Å². The molecule has 0 saturated heterocycles. The van der Waals surface area contributed by atoms with Crippen LogP contribution in [0.1, 0.15) is 35.2 Å². The summed E-state index contributed by atoms with van der Waals surface area (Å²) in [6.45, 7) is 1.48. The molecule has 0 aromatic heterocycles. The van der Waals surface area contributed by atoms with Gasteiger partial charge in [-0.3, -0.25) is 4.79 Å². The molecule has 0 heterocycles. The van der Waals surface area contributed by atoms with Crippen molar-refractivity contribution >= 4 is 21.8 Å². The van der Waals surface area contributed by atoms with Gasteiger partial charge < -0.3 is 9.64 Å². The van der Waals surface area contributed by atoms with Gasteiger partial charge in [0, 0.05) is 18.7 Å². The van der Waals surface area contributed by atoms with Gasteiger partial charge in [0.15, 0.2) is 0 Å². The molecule has 1 aliphatic carbocycles. The second-order valence-corrected chi connectivity index (χ2v) is 7.17. The van der Waals surface area contributed by atoms with Crippen LogP contribution in [0.3, 0.4) is 0 Å². The van der Waals surface area contributed by atoms with Crippen molar-refractivity contribution in [1.29, 1.82) is 0 Å². The van der Waals surface area contributed by atoms with Crippen molar-refractivity contribution in [2.45, 2.75) is 25.8 Å². The molecule has 1 fully saturated rings. The van der Waals surface area contributed by atoms with Crippen LogP contribution in [0.4, 0.5) is 0 Å². The summed E-state index contributed by atoms with van der Waals surface area (Å²) in [5, 5.41) is 0. The molecule has 3 nitrogen and oxygen atoms in total. The Morgan fingerprint density at radius 2 is 1.96 bits per heavy atom. The van der Waals surface area contributed by atoms with Crippen LogP contribution in [0.5, 0.6) is 5.75 Å². The van der Waals surface area contributed by atoms with Crippen LogP contribution in [0, 0.1) is 5.92 Å². The van der Waals surface area contributed by atoms with E-state index in [-0.39, 0.29) is 5.91 Å². The summed E-state index contributed by atoms with van der Waals surface area (Å²) in [6, 6.07) is 15.7. The Bertz CT molecular complexity index is 698. The Kier molecular flexibility index (Phi) is 5.56. The molecule has 0 bridgehead atoms. The number of amides is 1. The molecule has 0 atom stereocenters. The van der Waals surface area contributed by atoms with E-state index in [1.807, 2.05) is 41.3 Å². The van der Waals surface area contributed by atoms with Crippen LogP contribution in [0.25, 0.3) is 0 Å². The molecule has 0 N–H and O–H groups in total. The molecule has 0 spiro atoms. The number of carbonyl (C=O) groups excluding carboxylic acids is 1. The van der Waals surface area contributed by atoms with Crippen molar-refractivity contribution in [2.24, 2.45) is 5.92 Å². The molecule has 24 heavy (non-hydrogen) atoms. The molecule has 0 aliphatic heterocycles. The van der Waals surface area contributed by atoms with E-state index in [0.717, 1.165) is 22.3 Å². The van der Waals surface area contributed by atoms with E-state index < -0.39 is 0 Å². The van der Waals surface area contributed by atoms with E-state index in [1.165, 1.54) is 19.3 Å². The zero-order chi connectivity index (χ0) is 16.9. The van der Waals surface area contributed by atoms with Crippen molar-refractivity contribution in [1.82, 2.24) is 4.90 Å². The Morgan fingerprint density at radius 3 is 2.54 bits per heavy atom. The fraction of sp³-hybridized carbons (Fsp3) is 0.350. The van der Waals surface area contributed by atoms with Gasteiger partial charge in [-0.1, -0.05) is 36.8 Å². The Labute approximate surface area is 151 Å². The summed E-state index contributed by atoms with van der Waals surface area (Å²) in [5.41, 5.74) is 1.86. The van der Waals surface area contributed by atoms with Crippen LogP contribution in [-0.4, -0.2) is 24.5 Å². The Morgan fingerprint density at radius 1 is 1.21 bits per heavy atom. The summed E-state index contributed by atoms with van der Waals surface area (Å²) in [4.78, 5) is 15.0. The zero-order valence-electron chi connectivity index (χ0n) is 13.9. The van der Waals surface area contributed by atoms with Gasteiger partial charge in [-0.15, -0.1) is 0 Å². The third-order valence-corrected chi connectivity index (χ3v) is 5.23. The SMILES string of the molecule is COc1ccc(C(=O)N(Cc2ccccc2)CC2CCC2)cc1Br. The predicted molar refractivity (Wildman–Crippen MR) is 99.2 cm³/mol. The minimum Gasteiger partial charge on any atom is -0.496 e. The van der Waals surface area contributed by atoms with Crippen molar-refractivity contribution in [3.8, 4) is 5.75 Å². The molecule has 0 radical (unpaired) electrons. The lowest BCUT2D eigenvalue weighted by Crippen LogP contribution is -2.37. The van der Waals surface area contributed by atoms with E-state index in [4.69, 9.17) is 4.74 Å². The fourth-order valence-electron chi connectivity index (χ4n) is 2.99. The van der Waals surface area contributed by atoms with E-state index >= 15 is 0 Å². The molecule has 1 aliphatic rings. The summed E-state index contributed by atoms with van der Waals surface area (Å²) in [7, 11) is 1.62. The van der Waals surface area contributed by atoms with Gasteiger partial charge in [-0.2, -0.15) is 0 Å². The second kappa shape index (κ2) is 7.84. The number of benzene rings is 2. The molecule has 2 aromatic rings. The van der Waals surface area contributed by atoms with Gasteiger partial charge in [-0.05, 0) is 58.5 Å². The van der Waals surface area contributed by atoms with Gasteiger partial charge in [0.25, 0.3) is 5.91 Å². The number of hydrogen-bond donors (Lipinski definition) is 0. The van der Waals surface area contributed by atoms with Crippen molar-refractivity contribution in [3.63, 3.8) is 0 Å². The van der Waals surface area contributed by atoms with Crippen LogP contribution in [0.2, 0.25) is 0 Å². The molecule has 126 valence electrons. The van der Waals surface area contributed by atoms with Crippen LogP contribution < -0.4 is 4.74 Å². The highest BCUT2D eigenvalue weighted by molar-refractivity contribution is 9.10. The van der Waals surface area contributed by atoms with Crippen LogP contribution in [-0.2, 0) is 6.54 Å². The van der Waals surface area contributed by atoms with Crippen LogP contribution in [0.15, 0.2) is 53.0 Å². The maximum atomic E-state index is 13.0. The summed E-state index contributed by atoms with van der Waals surface area (Å²) in [5.74, 6) is 1.45. The summed E-state index contributed by atoms with van der Waals surface area (Å²) >= 11 is 3.47. The highest BCUT2D eigenvalue weighted by Crippen LogP contribution is 2.30. The van der Waals surface area contributed by atoms with Gasteiger partial charge in [-0.25, -0.2) is 0 Å². The molecule has 1 saturated carbocycles. The number of halogens is 1. The van der Waals surface area contributed by atoms with E-state index in [2.05, 4.69) is 28.1 Å². The van der Waals surface area contributed by atoms with Crippen molar-refractivity contribution in [3.05, 3.63) is 64.1 Å². The van der Waals surface area contributed by atoms with Gasteiger partial charge in [0.2, 0.25) is 0 Å². The van der Waals surface area contributed by atoms with Crippen molar-refractivity contribution in [2.75, 3.05) is 13.7 Å². The van der Waals surface area contributed by atoms with Gasteiger partial charge in [0.1, 0.15) is 5.75 Å². The highest BCUT2D eigenvalue weighted by atomic mass is 79.9. The van der Waals surface area contributed by atoms with Crippen LogP contribution >= 0.6 is 15.9 Å². The average molecular weight is 388 g/mol. The normalized spacial score (nSPS) is 14.1. The number of ether oxygens (including phenoxy) is 1. The van der Waals surface area contributed by atoms with E-state index in [9.17, 15) is 4.79 Å². The zero-order valence-corrected chi connectivity index (χ0v) is 15.5. The first kappa shape index (κ1) is 17.0. The number of carbonyl (C=O) groups is 1. The van der Waals surface area contributed by atoms with Gasteiger partial charge >= 0.3 is 0 Å². The minimum absolute atomic E-state index is 0.0779. The number of rotatable bonds is 6. The third kappa shape index (κ3) is 3.99. The summed E-state index contributed by atoms with van der Waals surface area (Å²) in [6.07, 6.45) is 3.74. The van der Waals surface area contributed by atoms with Gasteiger partial charge in [0.05, 0.1) is 11.6 Å². The minimum atomic E-state index is 0.0779. The van der Waals surface area contributed by atoms with E-state index in [0.29, 0.717) is 18.0 Å². The largest absolute Gasteiger partial charge is 0.496 e. The first-order valence-electron chi connectivity index (χ1n) is 8.34. The first-order valence-corrected chi connectivity index (χ1v) is 9.13. The molecule has 4 heteroatoms. The second-order valence-electron chi connectivity index (χ2n) is 6.32. The maximum absolute atomic E-state index is 13.0. The molecule has 1 amide bonds. The number of methoxy groups -OCH3 is 1. The Hall–Kier alpha value is -1.81. The monoisotopic (exact) mass is 387 g/mol. The Balaban J connectivity index is 1.80. The fourth-order valence-corrected chi connectivity index (χ4v) is 3.53. The molecular weight excluding hydrogens is 366 g/mol. The summed E-state index contributed by atoms with van der Waals surface area (Å²) < 4.78 is 6.06. The molecule has 2 aromatic carbocycles. The lowest BCUT2D eigenvalue weighted by Gasteiger charge is -2.32. The molecule has 0 unspecified atom stereocenters. The smallest absolute Gasteiger partial charge is 0.254 e. The lowest BCUT2D eigenvalue weighted by atomic mass is 9.85. The number of nitrogens with zero attached hydrogens (tertiary/aromatic N) is 1. The standard InChI is InChI=1S/C20H22BrNO2/c1-24-19-11-10-17(12-18(19)21)20(23)22(14-16-8-5-9-16)13-15-6-3-2-4-7-15/h2-4,6-7,10-12,16H,5,8-9,13-14H2,1H3. The van der Waals surface area contributed by atoms with E-state index in [1.54, 1.807) is 7.11 Å². The molecular formula is C20H22BrNO2. The first-order chi connectivity index (χ1) is 11.7. The quantitative estimate of drug-likeness (QED) is 0.705. The maximum Gasteiger partial charge on any atom is 0.254 e. The predicted octanol–water partition coefficient (Wildman–Crippen LogP) is 4.90. The molecule has 3 rings (SSSR count). The topological polar surface area (TPSA) is 29.5 Å². The highest BCUT2D eigenvalue weighted by Gasteiger charge is 2.25. The number of hydrogen-bond acceptors (Lipinski definition) is 2. The third-order valence-electron chi connectivity index (χ3n) is 4.61. The lowest BCUT2D eigenvalue weighted by molar-refractivity contribution is 0.0679.